The molecule has 2 saturated heterocycles. The topological polar surface area (TPSA) is 132 Å². The summed E-state index contributed by atoms with van der Waals surface area (Å²) in [6, 6.07) is 12.2. The predicted molar refractivity (Wildman–Crippen MR) is 183 cm³/mol. The second-order valence-corrected chi connectivity index (χ2v) is 16.3. The van der Waals surface area contributed by atoms with Crippen LogP contribution < -0.4 is 9.46 Å². The predicted octanol–water partition coefficient (Wildman–Crippen LogP) is 4.27. The highest BCUT2D eigenvalue weighted by molar-refractivity contribution is 7.88. The van der Waals surface area contributed by atoms with Crippen LogP contribution in [0.1, 0.15) is 84.7 Å². The molecule has 2 aromatic carbocycles. The Morgan fingerprint density at radius 2 is 1.78 bits per heavy atom. The van der Waals surface area contributed by atoms with Crippen LogP contribution in [0.5, 0.6) is 5.75 Å². The second-order valence-electron chi connectivity index (χ2n) is 14.8. The number of ether oxygens (including phenoxy) is 1. The summed E-state index contributed by atoms with van der Waals surface area (Å²) in [4.78, 5) is 36.8. The van der Waals surface area contributed by atoms with Gasteiger partial charge in [0.2, 0.25) is 5.91 Å². The molecule has 5 heterocycles. The SMILES string of the molecule is COc1ccc2c(c1)C1CC1(C(=O)N1C3CCC1CN(C)C3)Cn1c-2c(C2CCCCC2)c2ccc(C(=O)NS(=O)(=O)n3cncn3)cc21. The van der Waals surface area contributed by atoms with Crippen molar-refractivity contribution in [3.8, 4) is 17.0 Å². The third-order valence-corrected chi connectivity index (χ3v) is 13.1. The molecular formula is C36H41N7O5S. The number of hydrogen-bond acceptors (Lipinski definition) is 8. The number of carbonyl (C=O) groups excluding carboxylic acids is 2. The highest BCUT2D eigenvalue weighted by atomic mass is 32.2. The molecule has 4 unspecified atom stereocenters. The zero-order valence-electron chi connectivity index (χ0n) is 27.8. The fraction of sp³-hybridized carbons (Fsp3) is 0.500. The standard InChI is InChI=1S/C36H41N7O5S/c1-40-17-24-9-10-25(18-40)43(24)35(45)36-16-30(36)29-15-26(48-2)11-13-27(29)33-32(22-6-4-3-5-7-22)28-12-8-23(14-31(28)41(33)19-36)34(44)39-49(46,47)42-21-37-20-38-42/h8,11-15,20-22,24-25,30H,3-7,9-10,16-19H2,1-2H3,(H,39,44). The smallest absolute Gasteiger partial charge is 0.346 e. The highest BCUT2D eigenvalue weighted by Crippen LogP contribution is 2.66. The number of benzene rings is 2. The molecule has 2 aliphatic carbocycles. The minimum atomic E-state index is -4.27. The number of fused-ring (bicyclic) bond motifs is 9. The molecule has 5 aliphatic rings. The molecule has 0 radical (unpaired) electrons. The number of amides is 2. The molecule has 2 saturated carbocycles. The van der Waals surface area contributed by atoms with E-state index < -0.39 is 21.5 Å². The molecule has 4 fully saturated rings. The Labute approximate surface area is 285 Å². The van der Waals surface area contributed by atoms with Gasteiger partial charge >= 0.3 is 10.2 Å². The van der Waals surface area contributed by atoms with Crippen LogP contribution in [0, 0.1) is 5.41 Å². The fourth-order valence-corrected chi connectivity index (χ4v) is 10.5. The van der Waals surface area contributed by atoms with E-state index in [0.29, 0.717) is 16.5 Å². The first kappa shape index (κ1) is 30.8. The third kappa shape index (κ3) is 4.75. The monoisotopic (exact) mass is 683 g/mol. The normalized spacial score (nSPS) is 26.5. The summed E-state index contributed by atoms with van der Waals surface area (Å²) in [5.74, 6) is 0.661. The van der Waals surface area contributed by atoms with Crippen LogP contribution in [0.4, 0.5) is 0 Å². The Morgan fingerprint density at radius 1 is 1.00 bits per heavy atom. The molecule has 1 N–H and O–H groups in total. The van der Waals surface area contributed by atoms with Crippen LogP contribution in [-0.4, -0.2) is 88.1 Å². The van der Waals surface area contributed by atoms with Gasteiger partial charge in [0.15, 0.2) is 0 Å². The maximum Gasteiger partial charge on any atom is 0.346 e. The Bertz CT molecular complexity index is 2090. The number of likely N-dealkylation sites (N-methyl/N-ethyl adjacent to an activating group) is 1. The van der Waals surface area contributed by atoms with Gasteiger partial charge in [-0.2, -0.15) is 8.42 Å². The first-order chi connectivity index (χ1) is 23.7. The summed E-state index contributed by atoms with van der Waals surface area (Å²) >= 11 is 0. The quantitative estimate of drug-likeness (QED) is 0.319. The number of nitrogens with one attached hydrogen (secondary N) is 1. The molecule has 0 spiro atoms. The van der Waals surface area contributed by atoms with Gasteiger partial charge in [-0.15, -0.1) is 9.19 Å². The molecule has 2 bridgehead atoms. The van der Waals surface area contributed by atoms with Crippen LogP contribution in [0.15, 0.2) is 49.1 Å². The first-order valence-electron chi connectivity index (χ1n) is 17.5. The van der Waals surface area contributed by atoms with Gasteiger partial charge in [0.05, 0.1) is 18.2 Å². The zero-order chi connectivity index (χ0) is 33.7. The molecule has 256 valence electrons. The van der Waals surface area contributed by atoms with Crippen molar-refractivity contribution < 1.29 is 22.7 Å². The lowest BCUT2D eigenvalue weighted by Crippen LogP contribution is -2.57. The number of carbonyl (C=O) groups is 2. The fourth-order valence-electron chi connectivity index (χ4n) is 9.67. The van der Waals surface area contributed by atoms with Gasteiger partial charge in [-0.25, -0.2) is 9.71 Å². The van der Waals surface area contributed by atoms with Crippen LogP contribution in [0.25, 0.3) is 22.2 Å². The average Bonchev–Trinajstić information content (AvgIpc) is 3.33. The second kappa shape index (κ2) is 11.1. The summed E-state index contributed by atoms with van der Waals surface area (Å²) in [5.41, 5.74) is 5.12. The minimum absolute atomic E-state index is 0.0533. The molecule has 4 atom stereocenters. The van der Waals surface area contributed by atoms with Crippen molar-refractivity contribution in [2.24, 2.45) is 5.41 Å². The lowest BCUT2D eigenvalue weighted by Gasteiger charge is -2.41. The van der Waals surface area contributed by atoms with Crippen molar-refractivity contribution in [2.75, 3.05) is 27.2 Å². The van der Waals surface area contributed by atoms with Crippen molar-refractivity contribution >= 4 is 32.9 Å². The molecule has 3 aliphatic heterocycles. The summed E-state index contributed by atoms with van der Waals surface area (Å²) in [6.07, 6.45) is 10.6. The van der Waals surface area contributed by atoms with E-state index in [1.165, 1.54) is 12.0 Å². The Balaban J connectivity index is 1.22. The van der Waals surface area contributed by atoms with E-state index in [2.05, 4.69) is 48.4 Å². The molecule has 4 aromatic rings. The van der Waals surface area contributed by atoms with E-state index in [0.717, 1.165) is 104 Å². The van der Waals surface area contributed by atoms with Gasteiger partial charge in [0.1, 0.15) is 18.4 Å². The minimum Gasteiger partial charge on any atom is -0.497 e. The van der Waals surface area contributed by atoms with Gasteiger partial charge in [-0.3, -0.25) is 9.59 Å². The van der Waals surface area contributed by atoms with Gasteiger partial charge in [0.25, 0.3) is 5.91 Å². The molecule has 12 nitrogen and oxygen atoms in total. The summed E-state index contributed by atoms with van der Waals surface area (Å²) < 4.78 is 36.6. The van der Waals surface area contributed by atoms with Gasteiger partial charge in [0, 0.05) is 59.7 Å². The largest absolute Gasteiger partial charge is 0.497 e. The average molecular weight is 684 g/mol. The number of piperazine rings is 1. The van der Waals surface area contributed by atoms with Crippen LogP contribution in [0.3, 0.4) is 0 Å². The van der Waals surface area contributed by atoms with Crippen LogP contribution in [0.2, 0.25) is 0 Å². The molecule has 9 rings (SSSR count). The van der Waals surface area contributed by atoms with E-state index in [9.17, 15) is 13.2 Å². The summed E-state index contributed by atoms with van der Waals surface area (Å²) in [6.45, 7) is 2.29. The molecule has 49 heavy (non-hydrogen) atoms. The van der Waals surface area contributed by atoms with Gasteiger partial charge in [-0.1, -0.05) is 25.3 Å². The summed E-state index contributed by atoms with van der Waals surface area (Å²) in [5, 5.41) is 4.74. The number of methoxy groups -OCH3 is 1. The van der Waals surface area contributed by atoms with Crippen molar-refractivity contribution in [3.63, 3.8) is 0 Å². The number of rotatable bonds is 6. The van der Waals surface area contributed by atoms with Crippen molar-refractivity contribution in [3.05, 3.63) is 65.7 Å². The van der Waals surface area contributed by atoms with E-state index in [4.69, 9.17) is 4.74 Å². The van der Waals surface area contributed by atoms with E-state index in [-0.39, 0.29) is 29.5 Å². The Kier molecular flexibility index (Phi) is 7.00. The van der Waals surface area contributed by atoms with Crippen molar-refractivity contribution in [1.82, 2.24) is 33.3 Å². The first-order valence-corrected chi connectivity index (χ1v) is 18.9. The van der Waals surface area contributed by atoms with Crippen LogP contribution >= 0.6 is 0 Å². The molecule has 2 amide bonds. The number of nitrogens with zero attached hydrogens (tertiary/aromatic N) is 6. The maximum atomic E-state index is 15.0. The Hall–Kier alpha value is -4.23. The van der Waals surface area contributed by atoms with E-state index >= 15 is 4.79 Å². The summed E-state index contributed by atoms with van der Waals surface area (Å²) in [7, 11) is -0.438. The number of hydrogen-bond donors (Lipinski definition) is 1. The van der Waals surface area contributed by atoms with Crippen LogP contribution in [-0.2, 0) is 21.5 Å². The Morgan fingerprint density at radius 3 is 2.49 bits per heavy atom. The van der Waals surface area contributed by atoms with Crippen molar-refractivity contribution in [2.45, 2.75) is 81.8 Å². The lowest BCUT2D eigenvalue weighted by atomic mass is 9.81. The highest BCUT2D eigenvalue weighted by Gasteiger charge is 2.65. The molecule has 13 heteroatoms. The van der Waals surface area contributed by atoms with E-state index in [1.54, 1.807) is 19.2 Å². The number of likely N-dealkylation sites (tertiary alicyclic amines) is 1. The zero-order valence-corrected chi connectivity index (χ0v) is 28.7. The van der Waals surface area contributed by atoms with E-state index in [1.807, 2.05) is 12.1 Å². The maximum absolute atomic E-state index is 15.0. The van der Waals surface area contributed by atoms with Gasteiger partial charge in [-0.05, 0) is 86.5 Å². The lowest BCUT2D eigenvalue weighted by molar-refractivity contribution is -0.143. The van der Waals surface area contributed by atoms with Gasteiger partial charge < -0.3 is 19.1 Å². The number of aromatic nitrogens is 4. The molecule has 2 aromatic heterocycles. The third-order valence-electron chi connectivity index (χ3n) is 12.0. The molecular weight excluding hydrogens is 643 g/mol. The van der Waals surface area contributed by atoms with Crippen molar-refractivity contribution in [1.29, 1.82) is 0 Å².